The van der Waals surface area contributed by atoms with Gasteiger partial charge in [-0.15, -0.1) is 10.2 Å². The van der Waals surface area contributed by atoms with Crippen molar-refractivity contribution in [1.29, 1.82) is 0 Å². The predicted molar refractivity (Wildman–Crippen MR) is 109 cm³/mol. The molecule has 0 N–H and O–H groups in total. The summed E-state index contributed by atoms with van der Waals surface area (Å²) < 4.78 is 0. The van der Waals surface area contributed by atoms with Crippen molar-refractivity contribution in [3.05, 3.63) is 71.5 Å². The average Bonchev–Trinajstić information content (AvgIpc) is 2.74. The Morgan fingerprint density at radius 1 is 0.929 bits per heavy atom. The third-order valence-electron chi connectivity index (χ3n) is 5.08. The van der Waals surface area contributed by atoms with Crippen LogP contribution in [-0.2, 0) is 0 Å². The molecular formula is C22H23N5O. The van der Waals surface area contributed by atoms with Gasteiger partial charge in [-0.25, -0.2) is 0 Å². The van der Waals surface area contributed by atoms with Crippen molar-refractivity contribution in [3.8, 4) is 11.3 Å². The van der Waals surface area contributed by atoms with Crippen molar-refractivity contribution in [2.24, 2.45) is 0 Å². The van der Waals surface area contributed by atoms with Crippen molar-refractivity contribution >= 4 is 11.7 Å². The quantitative estimate of drug-likeness (QED) is 0.706. The van der Waals surface area contributed by atoms with E-state index < -0.39 is 0 Å². The molecule has 6 nitrogen and oxygen atoms in total. The summed E-state index contributed by atoms with van der Waals surface area (Å²) in [5, 5.41) is 8.86. The van der Waals surface area contributed by atoms with Crippen LogP contribution in [0.15, 0.2) is 54.7 Å². The Balaban J connectivity index is 1.42. The number of piperazine rings is 1. The molecule has 0 saturated carbocycles. The highest BCUT2D eigenvalue weighted by Crippen LogP contribution is 2.23. The van der Waals surface area contributed by atoms with Gasteiger partial charge in [0.15, 0.2) is 5.82 Å². The maximum atomic E-state index is 12.5. The third-order valence-corrected chi connectivity index (χ3v) is 5.08. The van der Waals surface area contributed by atoms with Gasteiger partial charge in [-0.1, -0.05) is 29.8 Å². The molecule has 3 heterocycles. The lowest BCUT2D eigenvalue weighted by molar-refractivity contribution is 0.0740. The summed E-state index contributed by atoms with van der Waals surface area (Å²) in [6.45, 7) is 6.94. The van der Waals surface area contributed by atoms with Gasteiger partial charge >= 0.3 is 0 Å². The smallest absolute Gasteiger partial charge is 0.272 e. The van der Waals surface area contributed by atoms with Crippen LogP contribution in [0.5, 0.6) is 0 Å². The van der Waals surface area contributed by atoms with Gasteiger partial charge in [0, 0.05) is 37.9 Å². The Bertz CT molecular complexity index is 964. The van der Waals surface area contributed by atoms with E-state index in [0.29, 0.717) is 18.8 Å². The van der Waals surface area contributed by atoms with E-state index in [4.69, 9.17) is 0 Å². The topological polar surface area (TPSA) is 62.2 Å². The number of aryl methyl sites for hydroxylation is 2. The van der Waals surface area contributed by atoms with E-state index in [1.54, 1.807) is 12.3 Å². The number of benzene rings is 1. The molecule has 0 unspecified atom stereocenters. The minimum absolute atomic E-state index is 0.0171. The highest BCUT2D eigenvalue weighted by Gasteiger charge is 2.23. The molecule has 6 heteroatoms. The maximum Gasteiger partial charge on any atom is 0.272 e. The lowest BCUT2D eigenvalue weighted by Gasteiger charge is -2.35. The van der Waals surface area contributed by atoms with Crippen molar-refractivity contribution in [2.75, 3.05) is 31.1 Å². The molecule has 4 rings (SSSR count). The number of amides is 1. The zero-order chi connectivity index (χ0) is 19.5. The molecule has 142 valence electrons. The van der Waals surface area contributed by atoms with Crippen molar-refractivity contribution in [3.63, 3.8) is 0 Å². The molecule has 1 amide bonds. The number of rotatable bonds is 3. The first-order valence-electron chi connectivity index (χ1n) is 9.48. The second-order valence-corrected chi connectivity index (χ2v) is 7.09. The summed E-state index contributed by atoms with van der Waals surface area (Å²) in [5.74, 6) is 0.829. The number of nitrogens with zero attached hydrogens (tertiary/aromatic N) is 5. The highest BCUT2D eigenvalue weighted by atomic mass is 16.2. The summed E-state index contributed by atoms with van der Waals surface area (Å²) in [6, 6.07) is 15.8. The summed E-state index contributed by atoms with van der Waals surface area (Å²) in [5.41, 5.74) is 4.92. The number of aromatic nitrogens is 3. The molecular weight excluding hydrogens is 350 g/mol. The Hall–Kier alpha value is -3.28. The van der Waals surface area contributed by atoms with E-state index in [9.17, 15) is 4.79 Å². The van der Waals surface area contributed by atoms with Gasteiger partial charge in [-0.05, 0) is 43.7 Å². The molecule has 1 aliphatic rings. The van der Waals surface area contributed by atoms with Crippen LogP contribution in [0.4, 0.5) is 5.82 Å². The van der Waals surface area contributed by atoms with Crippen LogP contribution in [0.25, 0.3) is 11.3 Å². The normalized spacial score (nSPS) is 14.2. The second-order valence-electron chi connectivity index (χ2n) is 7.09. The number of carbonyl (C=O) groups is 1. The van der Waals surface area contributed by atoms with Crippen LogP contribution < -0.4 is 4.90 Å². The SMILES string of the molecule is Cc1ccc(-c2ccc(N3CCN(C(=O)c4ccccn4)CC3)nn2)c(C)c1. The van der Waals surface area contributed by atoms with E-state index in [2.05, 4.69) is 52.1 Å². The lowest BCUT2D eigenvalue weighted by Crippen LogP contribution is -2.49. The zero-order valence-electron chi connectivity index (χ0n) is 16.2. The largest absolute Gasteiger partial charge is 0.352 e. The fourth-order valence-corrected chi connectivity index (χ4v) is 3.53. The first-order chi connectivity index (χ1) is 13.6. The van der Waals surface area contributed by atoms with E-state index in [0.717, 1.165) is 30.2 Å². The number of anilines is 1. The van der Waals surface area contributed by atoms with Crippen LogP contribution >= 0.6 is 0 Å². The van der Waals surface area contributed by atoms with E-state index in [-0.39, 0.29) is 5.91 Å². The summed E-state index contributed by atoms with van der Waals surface area (Å²) in [6.07, 6.45) is 1.65. The molecule has 0 aliphatic carbocycles. The molecule has 1 aliphatic heterocycles. The number of carbonyl (C=O) groups excluding carboxylic acids is 1. The third kappa shape index (κ3) is 3.71. The zero-order valence-corrected chi connectivity index (χ0v) is 16.2. The van der Waals surface area contributed by atoms with Gasteiger partial charge in [0.05, 0.1) is 5.69 Å². The molecule has 1 saturated heterocycles. The first-order valence-corrected chi connectivity index (χ1v) is 9.48. The molecule has 3 aromatic rings. The average molecular weight is 373 g/mol. The van der Waals surface area contributed by atoms with Gasteiger partial charge in [-0.2, -0.15) is 0 Å². The van der Waals surface area contributed by atoms with Crippen LogP contribution in [0.2, 0.25) is 0 Å². The van der Waals surface area contributed by atoms with E-state index in [1.165, 1.54) is 11.1 Å². The van der Waals surface area contributed by atoms with Crippen molar-refractivity contribution in [2.45, 2.75) is 13.8 Å². The second kappa shape index (κ2) is 7.76. The molecule has 0 radical (unpaired) electrons. The van der Waals surface area contributed by atoms with Gasteiger partial charge < -0.3 is 9.80 Å². The van der Waals surface area contributed by atoms with Crippen molar-refractivity contribution < 1.29 is 4.79 Å². The summed E-state index contributed by atoms with van der Waals surface area (Å²) >= 11 is 0. The molecule has 2 aromatic heterocycles. The van der Waals surface area contributed by atoms with Crippen LogP contribution in [0, 0.1) is 13.8 Å². The number of hydrogen-bond donors (Lipinski definition) is 0. The number of hydrogen-bond acceptors (Lipinski definition) is 5. The summed E-state index contributed by atoms with van der Waals surface area (Å²) in [4.78, 5) is 20.7. The first kappa shape index (κ1) is 18.1. The van der Waals surface area contributed by atoms with Gasteiger partial charge in [0.25, 0.3) is 5.91 Å². The molecule has 0 bridgehead atoms. The van der Waals surface area contributed by atoms with Crippen LogP contribution in [0.3, 0.4) is 0 Å². The van der Waals surface area contributed by atoms with Crippen molar-refractivity contribution in [1.82, 2.24) is 20.1 Å². The molecule has 1 aromatic carbocycles. The molecule has 28 heavy (non-hydrogen) atoms. The minimum Gasteiger partial charge on any atom is -0.352 e. The van der Waals surface area contributed by atoms with E-state index in [1.807, 2.05) is 29.2 Å². The predicted octanol–water partition coefficient (Wildman–Crippen LogP) is 3.12. The van der Waals surface area contributed by atoms with Crippen LogP contribution in [-0.4, -0.2) is 52.2 Å². The molecule has 0 spiro atoms. The monoisotopic (exact) mass is 373 g/mol. The Morgan fingerprint density at radius 3 is 2.39 bits per heavy atom. The number of pyridine rings is 1. The van der Waals surface area contributed by atoms with Gasteiger partial charge in [0.1, 0.15) is 5.69 Å². The molecule has 0 atom stereocenters. The van der Waals surface area contributed by atoms with Crippen LogP contribution in [0.1, 0.15) is 21.6 Å². The lowest BCUT2D eigenvalue weighted by atomic mass is 10.0. The standard InChI is InChI=1S/C22H23N5O/c1-16-6-7-18(17(2)15-16)19-8-9-21(25-24-19)26-11-13-27(14-12-26)22(28)20-5-3-4-10-23-20/h3-10,15H,11-14H2,1-2H3. The molecule has 1 fully saturated rings. The van der Waals surface area contributed by atoms with Gasteiger partial charge in [0.2, 0.25) is 0 Å². The highest BCUT2D eigenvalue weighted by molar-refractivity contribution is 5.92. The van der Waals surface area contributed by atoms with E-state index >= 15 is 0 Å². The Kier molecular flexibility index (Phi) is 5.02. The fourth-order valence-electron chi connectivity index (χ4n) is 3.53. The maximum absolute atomic E-state index is 12.5. The Morgan fingerprint density at radius 2 is 1.75 bits per heavy atom. The Labute approximate surface area is 164 Å². The fraction of sp³-hybridized carbons (Fsp3) is 0.273. The minimum atomic E-state index is -0.0171. The summed E-state index contributed by atoms with van der Waals surface area (Å²) in [7, 11) is 0. The van der Waals surface area contributed by atoms with Gasteiger partial charge in [-0.3, -0.25) is 9.78 Å².